The third kappa shape index (κ3) is 6.14. The van der Waals surface area contributed by atoms with Gasteiger partial charge in [-0.25, -0.2) is 14.8 Å². The van der Waals surface area contributed by atoms with Gasteiger partial charge in [0.05, 0.1) is 12.8 Å². The summed E-state index contributed by atoms with van der Waals surface area (Å²) in [6.07, 6.45) is 6.33. The van der Waals surface area contributed by atoms with Gasteiger partial charge in [-0.15, -0.1) is 0 Å². The Hall–Kier alpha value is -4.25. The van der Waals surface area contributed by atoms with Crippen LogP contribution in [0.2, 0.25) is 0 Å². The molecule has 0 saturated carbocycles. The second-order valence-electron chi connectivity index (χ2n) is 7.54. The molecular formula is C28H25N3O2. The quantitative estimate of drug-likeness (QED) is 0.292. The molecule has 0 saturated heterocycles. The van der Waals surface area contributed by atoms with Gasteiger partial charge in [0, 0.05) is 18.2 Å². The van der Waals surface area contributed by atoms with Crippen molar-refractivity contribution in [2.24, 2.45) is 0 Å². The van der Waals surface area contributed by atoms with Gasteiger partial charge >= 0.3 is 5.97 Å². The number of rotatable bonds is 8. The lowest BCUT2D eigenvalue weighted by molar-refractivity contribution is -0.141. The molecule has 1 N–H and O–H groups in total. The molecule has 0 radical (unpaired) electrons. The standard InChI is InChI=1S/C28H25N3O2/c1-33-27(32)26(20-23-10-6-3-7-11-23)31-28-29-19-18-25(30-28)24-16-14-22(15-17-24)13-12-21-8-4-2-5-9-21/h2-19,26H,20H2,1H3,(H,29,30,31)/t26-/m0/s1. The average Bonchev–Trinajstić information content (AvgIpc) is 2.88. The van der Waals surface area contributed by atoms with Gasteiger partial charge in [0.25, 0.3) is 0 Å². The van der Waals surface area contributed by atoms with E-state index < -0.39 is 6.04 Å². The number of esters is 1. The lowest BCUT2D eigenvalue weighted by Crippen LogP contribution is -2.33. The zero-order chi connectivity index (χ0) is 22.9. The minimum Gasteiger partial charge on any atom is -0.467 e. The van der Waals surface area contributed by atoms with Gasteiger partial charge in [-0.2, -0.15) is 0 Å². The van der Waals surface area contributed by atoms with Crippen LogP contribution < -0.4 is 5.32 Å². The number of methoxy groups -OCH3 is 1. The summed E-state index contributed by atoms with van der Waals surface area (Å²) in [6, 6.07) is 29.4. The monoisotopic (exact) mass is 435 g/mol. The zero-order valence-electron chi connectivity index (χ0n) is 18.4. The average molecular weight is 436 g/mol. The van der Waals surface area contributed by atoms with E-state index >= 15 is 0 Å². The first-order valence-corrected chi connectivity index (χ1v) is 10.8. The first-order valence-electron chi connectivity index (χ1n) is 10.8. The minimum absolute atomic E-state index is 0.359. The summed E-state index contributed by atoms with van der Waals surface area (Å²) in [4.78, 5) is 21.2. The van der Waals surface area contributed by atoms with E-state index in [1.54, 1.807) is 6.20 Å². The van der Waals surface area contributed by atoms with E-state index in [1.807, 2.05) is 66.7 Å². The molecule has 0 aliphatic carbocycles. The summed E-state index contributed by atoms with van der Waals surface area (Å²) < 4.78 is 4.98. The number of nitrogens with one attached hydrogen (secondary N) is 1. The number of hydrogen-bond donors (Lipinski definition) is 1. The molecule has 33 heavy (non-hydrogen) atoms. The molecule has 0 fully saturated rings. The van der Waals surface area contributed by atoms with Gasteiger partial charge in [0.15, 0.2) is 0 Å². The Bertz CT molecular complexity index is 1210. The van der Waals surface area contributed by atoms with Crippen molar-refractivity contribution in [3.05, 3.63) is 114 Å². The maximum atomic E-state index is 12.3. The highest BCUT2D eigenvalue weighted by molar-refractivity contribution is 5.79. The normalized spacial score (nSPS) is 11.8. The van der Waals surface area contributed by atoms with Gasteiger partial charge in [0.2, 0.25) is 5.95 Å². The summed E-state index contributed by atoms with van der Waals surface area (Å²) in [7, 11) is 1.38. The first kappa shape index (κ1) is 22.0. The fraction of sp³-hybridized carbons (Fsp3) is 0.107. The topological polar surface area (TPSA) is 64.1 Å². The van der Waals surface area contributed by atoms with Gasteiger partial charge in [0.1, 0.15) is 6.04 Å². The maximum absolute atomic E-state index is 12.3. The smallest absolute Gasteiger partial charge is 0.328 e. The lowest BCUT2D eigenvalue weighted by Gasteiger charge is -2.17. The van der Waals surface area contributed by atoms with Gasteiger partial charge in [-0.05, 0) is 22.8 Å². The van der Waals surface area contributed by atoms with Crippen LogP contribution in [-0.4, -0.2) is 29.1 Å². The molecule has 164 valence electrons. The fourth-order valence-electron chi connectivity index (χ4n) is 3.45. The van der Waals surface area contributed by atoms with E-state index in [0.29, 0.717) is 12.4 Å². The number of carbonyl (C=O) groups excluding carboxylic acids is 1. The van der Waals surface area contributed by atoms with E-state index in [4.69, 9.17) is 4.74 Å². The van der Waals surface area contributed by atoms with E-state index in [2.05, 4.69) is 51.7 Å². The molecule has 5 nitrogen and oxygen atoms in total. The second kappa shape index (κ2) is 10.9. The largest absolute Gasteiger partial charge is 0.467 e. The number of ether oxygens (including phenoxy) is 1. The van der Waals surface area contributed by atoms with Crippen LogP contribution in [0.15, 0.2) is 97.2 Å². The van der Waals surface area contributed by atoms with Crippen molar-refractivity contribution in [2.45, 2.75) is 12.5 Å². The Morgan fingerprint density at radius 2 is 1.52 bits per heavy atom. The van der Waals surface area contributed by atoms with Crippen molar-refractivity contribution >= 4 is 24.1 Å². The van der Waals surface area contributed by atoms with E-state index in [-0.39, 0.29) is 5.97 Å². The van der Waals surface area contributed by atoms with Crippen molar-refractivity contribution in [1.29, 1.82) is 0 Å². The molecule has 1 heterocycles. The van der Waals surface area contributed by atoms with Crippen LogP contribution in [0.4, 0.5) is 5.95 Å². The predicted molar refractivity (Wildman–Crippen MR) is 132 cm³/mol. The third-order valence-electron chi connectivity index (χ3n) is 5.20. The first-order chi connectivity index (χ1) is 16.2. The van der Waals surface area contributed by atoms with Crippen molar-refractivity contribution in [1.82, 2.24) is 9.97 Å². The molecule has 3 aromatic carbocycles. The third-order valence-corrected chi connectivity index (χ3v) is 5.20. The molecule has 0 aliphatic heterocycles. The van der Waals surface area contributed by atoms with Crippen molar-refractivity contribution in [2.75, 3.05) is 12.4 Å². The number of hydrogen-bond acceptors (Lipinski definition) is 5. The highest BCUT2D eigenvalue weighted by Gasteiger charge is 2.20. The SMILES string of the molecule is COC(=O)[C@H](Cc1ccccc1)Nc1nccc(-c2ccc(C=Cc3ccccc3)cc2)n1. The molecule has 1 atom stereocenters. The predicted octanol–water partition coefficient (Wildman–Crippen LogP) is 5.51. The van der Waals surface area contributed by atoms with Crippen LogP contribution in [0.25, 0.3) is 23.4 Å². The van der Waals surface area contributed by atoms with Crippen molar-refractivity contribution < 1.29 is 9.53 Å². The summed E-state index contributed by atoms with van der Waals surface area (Å²) in [5.74, 6) is 0.0225. The Labute approximate surface area is 193 Å². The highest BCUT2D eigenvalue weighted by Crippen LogP contribution is 2.20. The molecule has 4 rings (SSSR count). The number of anilines is 1. The molecular weight excluding hydrogens is 410 g/mol. The van der Waals surface area contributed by atoms with Gasteiger partial charge < -0.3 is 10.1 Å². The van der Waals surface area contributed by atoms with Crippen LogP contribution >= 0.6 is 0 Å². The molecule has 0 aliphatic rings. The minimum atomic E-state index is -0.585. The maximum Gasteiger partial charge on any atom is 0.328 e. The Balaban J connectivity index is 1.48. The zero-order valence-corrected chi connectivity index (χ0v) is 18.4. The molecule has 0 unspecified atom stereocenters. The Morgan fingerprint density at radius 3 is 2.18 bits per heavy atom. The van der Waals surface area contributed by atoms with Crippen LogP contribution in [0.1, 0.15) is 16.7 Å². The fourth-order valence-corrected chi connectivity index (χ4v) is 3.45. The van der Waals surface area contributed by atoms with Crippen molar-refractivity contribution in [3.8, 4) is 11.3 Å². The van der Waals surface area contributed by atoms with Crippen LogP contribution in [0.5, 0.6) is 0 Å². The number of carbonyl (C=O) groups is 1. The number of benzene rings is 3. The van der Waals surface area contributed by atoms with E-state index in [9.17, 15) is 4.79 Å². The molecule has 0 bridgehead atoms. The number of aromatic nitrogens is 2. The number of nitrogens with zero attached hydrogens (tertiary/aromatic N) is 2. The van der Waals surface area contributed by atoms with Gasteiger partial charge in [-0.1, -0.05) is 97.1 Å². The van der Waals surface area contributed by atoms with Crippen LogP contribution in [0, 0.1) is 0 Å². The van der Waals surface area contributed by atoms with E-state index in [0.717, 1.165) is 27.9 Å². The molecule has 0 spiro atoms. The summed E-state index contributed by atoms with van der Waals surface area (Å²) in [5.41, 5.74) is 5.02. The van der Waals surface area contributed by atoms with Crippen LogP contribution in [-0.2, 0) is 16.0 Å². The molecule has 0 amide bonds. The molecule has 5 heteroatoms. The molecule has 1 aromatic heterocycles. The van der Waals surface area contributed by atoms with Crippen LogP contribution in [0.3, 0.4) is 0 Å². The van der Waals surface area contributed by atoms with Gasteiger partial charge in [-0.3, -0.25) is 0 Å². The second-order valence-corrected chi connectivity index (χ2v) is 7.54. The van der Waals surface area contributed by atoms with E-state index in [1.165, 1.54) is 7.11 Å². The molecule has 4 aromatic rings. The lowest BCUT2D eigenvalue weighted by atomic mass is 10.1. The highest BCUT2D eigenvalue weighted by atomic mass is 16.5. The Kier molecular flexibility index (Phi) is 7.23. The Morgan fingerprint density at radius 1 is 0.879 bits per heavy atom. The summed E-state index contributed by atoms with van der Waals surface area (Å²) in [6.45, 7) is 0. The summed E-state index contributed by atoms with van der Waals surface area (Å²) in [5, 5.41) is 3.13. The summed E-state index contributed by atoms with van der Waals surface area (Å²) >= 11 is 0. The van der Waals surface area contributed by atoms with Crippen molar-refractivity contribution in [3.63, 3.8) is 0 Å².